The van der Waals surface area contributed by atoms with Gasteiger partial charge in [0.25, 0.3) is 0 Å². The molecule has 1 aliphatic carbocycles. The molecule has 2 fully saturated rings. The van der Waals surface area contributed by atoms with Gasteiger partial charge in [-0.2, -0.15) is 0 Å². The Kier molecular flexibility index (Phi) is 3.81. The third kappa shape index (κ3) is 2.47. The van der Waals surface area contributed by atoms with Gasteiger partial charge >= 0.3 is 0 Å². The Hall–Kier alpha value is -0.0800. The molecule has 0 aromatic rings. The van der Waals surface area contributed by atoms with Crippen LogP contribution >= 0.6 is 0 Å². The second-order valence-corrected chi connectivity index (χ2v) is 7.96. The number of rotatable bonds is 4. The van der Waals surface area contributed by atoms with Gasteiger partial charge in [0.2, 0.25) is 0 Å². The van der Waals surface area contributed by atoms with Crippen LogP contribution in [-0.4, -0.2) is 17.5 Å². The molecule has 0 aromatic heterocycles. The fourth-order valence-electron chi connectivity index (χ4n) is 4.00. The van der Waals surface area contributed by atoms with Crippen molar-refractivity contribution >= 4 is 0 Å². The molecule has 4 atom stereocenters. The standard InChI is InChI=1S/C17H32O2/c1-8-12(2)9-10-13-11-14-17(7,15(13,3)4)19-16(5,6)18-14/h12-14H,8-11H2,1-7H3/t12?,13-,14-,17-/m1/s1. The van der Waals surface area contributed by atoms with Gasteiger partial charge < -0.3 is 9.47 Å². The van der Waals surface area contributed by atoms with Crippen molar-refractivity contribution in [2.24, 2.45) is 17.3 Å². The second-order valence-electron chi connectivity index (χ2n) is 7.96. The van der Waals surface area contributed by atoms with E-state index >= 15 is 0 Å². The van der Waals surface area contributed by atoms with Crippen molar-refractivity contribution in [2.75, 3.05) is 0 Å². The Balaban J connectivity index is 2.08. The van der Waals surface area contributed by atoms with Crippen molar-refractivity contribution in [2.45, 2.75) is 91.6 Å². The quantitative estimate of drug-likeness (QED) is 0.731. The Labute approximate surface area is 119 Å². The van der Waals surface area contributed by atoms with E-state index < -0.39 is 5.79 Å². The van der Waals surface area contributed by atoms with Crippen LogP contribution in [-0.2, 0) is 9.47 Å². The van der Waals surface area contributed by atoms with Gasteiger partial charge in [-0.25, -0.2) is 0 Å². The maximum Gasteiger partial charge on any atom is 0.164 e. The van der Waals surface area contributed by atoms with Crippen molar-refractivity contribution < 1.29 is 9.47 Å². The molecule has 2 nitrogen and oxygen atoms in total. The van der Waals surface area contributed by atoms with Crippen molar-refractivity contribution in [3.05, 3.63) is 0 Å². The summed E-state index contributed by atoms with van der Waals surface area (Å²) in [6.07, 6.45) is 5.34. The Morgan fingerprint density at radius 3 is 2.32 bits per heavy atom. The maximum atomic E-state index is 6.32. The van der Waals surface area contributed by atoms with Crippen LogP contribution in [0.25, 0.3) is 0 Å². The van der Waals surface area contributed by atoms with Crippen molar-refractivity contribution in [3.8, 4) is 0 Å². The lowest BCUT2D eigenvalue weighted by Gasteiger charge is -2.41. The molecule has 112 valence electrons. The van der Waals surface area contributed by atoms with E-state index in [4.69, 9.17) is 9.47 Å². The summed E-state index contributed by atoms with van der Waals surface area (Å²) in [4.78, 5) is 0. The largest absolute Gasteiger partial charge is 0.344 e. The average Bonchev–Trinajstić information content (AvgIpc) is 2.62. The maximum absolute atomic E-state index is 6.32. The van der Waals surface area contributed by atoms with Gasteiger partial charge in [0.15, 0.2) is 5.79 Å². The lowest BCUT2D eigenvalue weighted by atomic mass is 9.71. The highest BCUT2D eigenvalue weighted by Gasteiger charge is 2.65. The average molecular weight is 268 g/mol. The lowest BCUT2D eigenvalue weighted by Crippen LogP contribution is -2.46. The highest BCUT2D eigenvalue weighted by atomic mass is 16.8. The molecule has 19 heavy (non-hydrogen) atoms. The van der Waals surface area contributed by atoms with Gasteiger partial charge in [-0.1, -0.05) is 40.5 Å². The first-order valence-electron chi connectivity index (χ1n) is 8.00. The molecular formula is C17H32O2. The van der Waals surface area contributed by atoms with Crippen LogP contribution in [0.15, 0.2) is 0 Å². The first-order chi connectivity index (χ1) is 8.62. The molecule has 0 spiro atoms. The third-order valence-electron chi connectivity index (χ3n) is 6.00. The van der Waals surface area contributed by atoms with Crippen LogP contribution in [0.3, 0.4) is 0 Å². The fourth-order valence-corrected chi connectivity index (χ4v) is 4.00. The Morgan fingerprint density at radius 2 is 1.79 bits per heavy atom. The zero-order valence-electron chi connectivity index (χ0n) is 13.9. The molecule has 1 unspecified atom stereocenters. The van der Waals surface area contributed by atoms with E-state index in [1.165, 1.54) is 19.3 Å². The van der Waals surface area contributed by atoms with Gasteiger partial charge in [-0.15, -0.1) is 0 Å². The molecule has 2 rings (SSSR count). The van der Waals surface area contributed by atoms with Crippen LogP contribution < -0.4 is 0 Å². The van der Waals surface area contributed by atoms with E-state index in [-0.39, 0.29) is 17.1 Å². The zero-order valence-corrected chi connectivity index (χ0v) is 13.9. The van der Waals surface area contributed by atoms with E-state index in [1.54, 1.807) is 0 Å². The van der Waals surface area contributed by atoms with E-state index in [2.05, 4.69) is 34.6 Å². The highest BCUT2D eigenvalue weighted by Crippen LogP contribution is 2.59. The Morgan fingerprint density at radius 1 is 1.16 bits per heavy atom. The first-order valence-corrected chi connectivity index (χ1v) is 8.00. The molecule has 1 saturated heterocycles. The normalized spacial score (nSPS) is 41.2. The van der Waals surface area contributed by atoms with Crippen LogP contribution in [0.1, 0.15) is 74.1 Å². The summed E-state index contributed by atoms with van der Waals surface area (Å²) in [6, 6.07) is 0. The molecule has 2 heteroatoms. The smallest absolute Gasteiger partial charge is 0.164 e. The van der Waals surface area contributed by atoms with Gasteiger partial charge in [-0.05, 0) is 50.9 Å². The predicted octanol–water partition coefficient (Wildman–Crippen LogP) is 4.77. The molecule has 0 radical (unpaired) electrons. The SMILES string of the molecule is CCC(C)CC[C@@H]1C[C@H]2OC(C)(C)O[C@@]2(C)C1(C)C. The van der Waals surface area contributed by atoms with E-state index in [0.29, 0.717) is 5.92 Å². The molecule has 2 aliphatic rings. The van der Waals surface area contributed by atoms with Crippen molar-refractivity contribution in [1.29, 1.82) is 0 Å². The summed E-state index contributed by atoms with van der Waals surface area (Å²) in [5.74, 6) is 1.13. The number of fused-ring (bicyclic) bond motifs is 1. The molecule has 0 amide bonds. The van der Waals surface area contributed by atoms with Gasteiger partial charge in [0.05, 0.1) is 6.10 Å². The summed E-state index contributed by atoms with van der Waals surface area (Å²) < 4.78 is 12.5. The van der Waals surface area contributed by atoms with Crippen LogP contribution in [0.5, 0.6) is 0 Å². The van der Waals surface area contributed by atoms with E-state index in [9.17, 15) is 0 Å². The first kappa shape index (κ1) is 15.3. The lowest BCUT2D eigenvalue weighted by molar-refractivity contribution is -0.192. The van der Waals surface area contributed by atoms with Gasteiger partial charge in [-0.3, -0.25) is 0 Å². The summed E-state index contributed by atoms with van der Waals surface area (Å²) >= 11 is 0. The highest BCUT2D eigenvalue weighted by molar-refractivity contribution is 5.11. The van der Waals surface area contributed by atoms with Crippen molar-refractivity contribution in [1.82, 2.24) is 0 Å². The van der Waals surface area contributed by atoms with Crippen LogP contribution in [0.2, 0.25) is 0 Å². The molecule has 0 N–H and O–H groups in total. The minimum Gasteiger partial charge on any atom is -0.344 e. The molecule has 1 saturated carbocycles. The number of hydrogen-bond acceptors (Lipinski definition) is 2. The topological polar surface area (TPSA) is 18.5 Å². The Bertz CT molecular complexity index is 334. The summed E-state index contributed by atoms with van der Waals surface area (Å²) in [5.41, 5.74) is 0.0650. The molecule has 1 heterocycles. The van der Waals surface area contributed by atoms with E-state index in [0.717, 1.165) is 12.3 Å². The van der Waals surface area contributed by atoms with Crippen molar-refractivity contribution in [3.63, 3.8) is 0 Å². The predicted molar refractivity (Wildman–Crippen MR) is 79.0 cm³/mol. The van der Waals surface area contributed by atoms with Crippen LogP contribution in [0.4, 0.5) is 0 Å². The fraction of sp³-hybridized carbons (Fsp3) is 1.00. The molecule has 0 bridgehead atoms. The summed E-state index contributed by atoms with van der Waals surface area (Å²) in [7, 11) is 0. The second kappa shape index (κ2) is 4.73. The summed E-state index contributed by atoms with van der Waals surface area (Å²) in [6.45, 7) is 15.7. The number of ether oxygens (including phenoxy) is 2. The van der Waals surface area contributed by atoms with Crippen LogP contribution in [0, 0.1) is 17.3 Å². The van der Waals surface area contributed by atoms with Gasteiger partial charge in [0.1, 0.15) is 5.60 Å². The van der Waals surface area contributed by atoms with E-state index in [1.807, 2.05) is 13.8 Å². The molecule has 1 aliphatic heterocycles. The summed E-state index contributed by atoms with van der Waals surface area (Å²) in [5, 5.41) is 0. The van der Waals surface area contributed by atoms with Gasteiger partial charge in [0, 0.05) is 0 Å². The minimum absolute atomic E-state index is 0.128. The number of hydrogen-bond donors (Lipinski definition) is 0. The molecule has 0 aromatic carbocycles. The third-order valence-corrected chi connectivity index (χ3v) is 6.00. The monoisotopic (exact) mass is 268 g/mol. The molecular weight excluding hydrogens is 236 g/mol. The zero-order chi connectivity index (χ0) is 14.5. The minimum atomic E-state index is -0.418.